The molecule has 2 amide bonds. The van der Waals surface area contributed by atoms with Gasteiger partial charge in [0.1, 0.15) is 0 Å². The lowest BCUT2D eigenvalue weighted by atomic mass is 9.95. The van der Waals surface area contributed by atoms with Crippen LogP contribution in [0.15, 0.2) is 29.6 Å². The van der Waals surface area contributed by atoms with Gasteiger partial charge in [0, 0.05) is 35.5 Å². The molecule has 1 N–H and O–H groups in total. The number of amides is 2. The highest BCUT2D eigenvalue weighted by atomic mass is 35.5. The van der Waals surface area contributed by atoms with Crippen LogP contribution in [-0.2, 0) is 20.7 Å². The smallest absolute Gasteiger partial charge is 0.305 e. The molecule has 3 rings (SSSR count). The van der Waals surface area contributed by atoms with Gasteiger partial charge in [-0.05, 0) is 62.8 Å². The highest BCUT2D eigenvalue weighted by Gasteiger charge is 2.22. The third kappa shape index (κ3) is 7.31. The van der Waals surface area contributed by atoms with Crippen molar-refractivity contribution in [1.29, 1.82) is 0 Å². The molecule has 7 nitrogen and oxygen atoms in total. The second-order valence-corrected chi connectivity index (χ2v) is 9.10. The van der Waals surface area contributed by atoms with Crippen molar-refractivity contribution >= 4 is 45.9 Å². The van der Waals surface area contributed by atoms with Crippen molar-refractivity contribution in [1.82, 2.24) is 9.88 Å². The summed E-state index contributed by atoms with van der Waals surface area (Å²) in [5.41, 5.74) is 1.14. The number of ether oxygens (including phenoxy) is 1. The predicted octanol–water partition coefficient (Wildman–Crippen LogP) is 4.56. The Morgan fingerprint density at radius 2 is 2.00 bits per heavy atom. The number of hydrogen-bond donors (Lipinski definition) is 1. The van der Waals surface area contributed by atoms with Crippen LogP contribution in [0.5, 0.6) is 0 Å². The fourth-order valence-corrected chi connectivity index (χ4v) is 4.57. The molecule has 172 valence electrons. The number of anilines is 1. The Labute approximate surface area is 197 Å². The first-order valence-electron chi connectivity index (χ1n) is 10.9. The highest BCUT2D eigenvalue weighted by molar-refractivity contribution is 7.14. The van der Waals surface area contributed by atoms with Crippen LogP contribution in [0.3, 0.4) is 0 Å². The van der Waals surface area contributed by atoms with Crippen molar-refractivity contribution in [3.05, 3.63) is 45.9 Å². The van der Waals surface area contributed by atoms with Gasteiger partial charge in [-0.1, -0.05) is 11.6 Å². The highest BCUT2D eigenvalue weighted by Crippen LogP contribution is 2.23. The molecule has 1 aromatic carbocycles. The van der Waals surface area contributed by atoms with E-state index >= 15 is 0 Å². The number of esters is 1. The van der Waals surface area contributed by atoms with Gasteiger partial charge in [-0.2, -0.15) is 0 Å². The Morgan fingerprint density at radius 3 is 2.75 bits per heavy atom. The zero-order valence-electron chi connectivity index (χ0n) is 18.1. The van der Waals surface area contributed by atoms with Gasteiger partial charge in [0.05, 0.1) is 18.7 Å². The molecule has 1 saturated heterocycles. The monoisotopic (exact) mass is 477 g/mol. The van der Waals surface area contributed by atoms with Crippen LogP contribution in [-0.4, -0.2) is 47.4 Å². The third-order valence-corrected chi connectivity index (χ3v) is 6.53. The van der Waals surface area contributed by atoms with E-state index in [0.717, 1.165) is 32.2 Å². The number of nitrogens with zero attached hydrogens (tertiary/aromatic N) is 2. The lowest BCUT2D eigenvalue weighted by molar-refractivity contribution is -0.143. The third-order valence-electron chi connectivity index (χ3n) is 5.47. The Balaban J connectivity index is 1.46. The zero-order chi connectivity index (χ0) is 22.9. The Kier molecular flexibility index (Phi) is 9.05. The molecule has 0 radical (unpaired) electrons. The maximum Gasteiger partial charge on any atom is 0.305 e. The van der Waals surface area contributed by atoms with Crippen LogP contribution in [0.4, 0.5) is 5.13 Å². The molecule has 1 aliphatic heterocycles. The summed E-state index contributed by atoms with van der Waals surface area (Å²) in [5.74, 6) is 0.0607. The van der Waals surface area contributed by atoms with E-state index in [1.165, 1.54) is 11.3 Å². The molecular weight excluding hydrogens is 450 g/mol. The van der Waals surface area contributed by atoms with Crippen LogP contribution in [0.1, 0.15) is 55.1 Å². The largest absolute Gasteiger partial charge is 0.466 e. The lowest BCUT2D eigenvalue weighted by Gasteiger charge is -2.20. The van der Waals surface area contributed by atoms with Crippen LogP contribution in [0.25, 0.3) is 0 Å². The van der Waals surface area contributed by atoms with Gasteiger partial charge in [0.25, 0.3) is 5.91 Å². The number of carbonyl (C=O) groups is 3. The number of aromatic nitrogens is 1. The summed E-state index contributed by atoms with van der Waals surface area (Å²) >= 11 is 7.15. The van der Waals surface area contributed by atoms with E-state index in [4.69, 9.17) is 16.3 Å². The summed E-state index contributed by atoms with van der Waals surface area (Å²) < 4.78 is 5.00. The zero-order valence-corrected chi connectivity index (χ0v) is 19.7. The van der Waals surface area contributed by atoms with E-state index in [1.54, 1.807) is 29.6 Å². The average Bonchev–Trinajstić information content (AvgIpc) is 3.06. The topological polar surface area (TPSA) is 88.6 Å². The van der Waals surface area contributed by atoms with Crippen molar-refractivity contribution < 1.29 is 19.1 Å². The quantitative estimate of drug-likeness (QED) is 0.563. The summed E-state index contributed by atoms with van der Waals surface area (Å²) in [6, 6.07) is 6.61. The fourth-order valence-electron chi connectivity index (χ4n) is 3.74. The molecule has 1 atom stereocenters. The molecule has 1 aromatic heterocycles. The van der Waals surface area contributed by atoms with E-state index in [-0.39, 0.29) is 24.2 Å². The van der Waals surface area contributed by atoms with Gasteiger partial charge < -0.3 is 9.64 Å². The number of rotatable bonds is 8. The van der Waals surface area contributed by atoms with Gasteiger partial charge in [0.15, 0.2) is 5.13 Å². The number of likely N-dealkylation sites (tertiary alicyclic amines) is 1. The van der Waals surface area contributed by atoms with Crippen LogP contribution < -0.4 is 5.32 Å². The maximum atomic E-state index is 12.8. The molecule has 9 heteroatoms. The number of nitrogens with one attached hydrogen (secondary N) is 1. The molecule has 1 aliphatic rings. The van der Waals surface area contributed by atoms with Gasteiger partial charge in [0.2, 0.25) is 5.91 Å². The van der Waals surface area contributed by atoms with Gasteiger partial charge in [-0.15, -0.1) is 11.3 Å². The molecule has 0 spiro atoms. The first-order chi connectivity index (χ1) is 15.4. The average molecular weight is 478 g/mol. The molecule has 1 unspecified atom stereocenters. The molecule has 2 aromatic rings. The molecule has 32 heavy (non-hydrogen) atoms. The predicted molar refractivity (Wildman–Crippen MR) is 125 cm³/mol. The summed E-state index contributed by atoms with van der Waals surface area (Å²) in [7, 11) is 0. The number of benzene rings is 1. The van der Waals surface area contributed by atoms with Crippen molar-refractivity contribution in [3.8, 4) is 0 Å². The molecule has 0 saturated carbocycles. The molecule has 0 bridgehead atoms. The van der Waals surface area contributed by atoms with Gasteiger partial charge >= 0.3 is 5.97 Å². The minimum atomic E-state index is -0.268. The molecule has 2 heterocycles. The van der Waals surface area contributed by atoms with Crippen LogP contribution >= 0.6 is 22.9 Å². The minimum absolute atomic E-state index is 0.0388. The minimum Gasteiger partial charge on any atom is -0.466 e. The van der Waals surface area contributed by atoms with Crippen molar-refractivity contribution in [2.75, 3.05) is 25.0 Å². The van der Waals surface area contributed by atoms with E-state index in [9.17, 15) is 14.4 Å². The maximum absolute atomic E-state index is 12.8. The van der Waals surface area contributed by atoms with Crippen molar-refractivity contribution in [2.45, 2.75) is 45.4 Å². The Bertz CT molecular complexity index is 932. The lowest BCUT2D eigenvalue weighted by Crippen LogP contribution is -2.33. The summed E-state index contributed by atoms with van der Waals surface area (Å²) in [6.45, 7) is 3.64. The summed E-state index contributed by atoms with van der Waals surface area (Å²) in [5, 5.41) is 5.59. The Hall–Kier alpha value is -2.45. The first-order valence-corrected chi connectivity index (χ1v) is 12.1. The number of hydrogen-bond acceptors (Lipinski definition) is 6. The SMILES string of the molecule is CCOC(=O)CCC1CCCN(C(=O)Cc2csc(NC(=O)c3ccc(Cl)cc3)n2)CC1. The van der Waals surface area contributed by atoms with Crippen LogP contribution in [0, 0.1) is 5.92 Å². The second-order valence-electron chi connectivity index (χ2n) is 7.80. The van der Waals surface area contributed by atoms with Crippen molar-refractivity contribution in [2.24, 2.45) is 5.92 Å². The van der Waals surface area contributed by atoms with Crippen LogP contribution in [0.2, 0.25) is 5.02 Å². The van der Waals surface area contributed by atoms with E-state index in [2.05, 4.69) is 10.3 Å². The number of thiazole rings is 1. The van der Waals surface area contributed by atoms with E-state index < -0.39 is 0 Å². The number of carbonyl (C=O) groups excluding carboxylic acids is 3. The second kappa shape index (κ2) is 12.0. The number of halogens is 1. The van der Waals surface area contributed by atoms with Gasteiger partial charge in [-0.25, -0.2) is 4.98 Å². The van der Waals surface area contributed by atoms with Gasteiger partial charge in [-0.3, -0.25) is 19.7 Å². The Morgan fingerprint density at radius 1 is 1.22 bits per heavy atom. The van der Waals surface area contributed by atoms with E-state index in [0.29, 0.717) is 46.9 Å². The van der Waals surface area contributed by atoms with E-state index in [1.807, 2.05) is 11.8 Å². The van der Waals surface area contributed by atoms with Crippen molar-refractivity contribution in [3.63, 3.8) is 0 Å². The fraction of sp³-hybridized carbons (Fsp3) is 0.478. The summed E-state index contributed by atoms with van der Waals surface area (Å²) in [6.07, 6.45) is 4.30. The molecule has 0 aliphatic carbocycles. The summed E-state index contributed by atoms with van der Waals surface area (Å²) in [4.78, 5) is 43.0. The normalized spacial score (nSPS) is 16.3. The molecule has 1 fully saturated rings. The standard InChI is InChI=1S/C23H28ClN3O4S/c1-2-31-21(29)10-5-16-4-3-12-27(13-11-16)20(28)14-19-15-32-23(25-19)26-22(30)17-6-8-18(24)9-7-17/h6-9,15-16H,2-5,10-14H2,1H3,(H,25,26,30). The first kappa shape index (κ1) is 24.2. The molecular formula is C23H28ClN3O4S.